The lowest BCUT2D eigenvalue weighted by Crippen LogP contribution is -2.49. The largest absolute Gasteiger partial charge is 0.373 e. The van der Waals surface area contributed by atoms with Gasteiger partial charge in [0, 0.05) is 41.7 Å². The summed E-state index contributed by atoms with van der Waals surface area (Å²) in [6, 6.07) is 0.597. The summed E-state index contributed by atoms with van der Waals surface area (Å²) >= 11 is 1.63. The third-order valence-electron chi connectivity index (χ3n) is 4.53. The van der Waals surface area contributed by atoms with E-state index in [2.05, 4.69) is 36.0 Å². The number of hydrogen-bond acceptors (Lipinski definition) is 5. The Morgan fingerprint density at radius 3 is 3.12 bits per heavy atom. The number of morpholine rings is 1. The Morgan fingerprint density at radius 2 is 2.38 bits per heavy atom. The van der Waals surface area contributed by atoms with Crippen LogP contribution in [0.5, 0.6) is 0 Å². The van der Waals surface area contributed by atoms with Crippen LogP contribution in [0, 0.1) is 0 Å². The van der Waals surface area contributed by atoms with Crippen molar-refractivity contribution in [2.45, 2.75) is 51.2 Å². The third-order valence-corrected chi connectivity index (χ3v) is 5.92. The second kappa shape index (κ2) is 7.33. The first-order valence-electron chi connectivity index (χ1n) is 8.70. The van der Waals surface area contributed by atoms with Gasteiger partial charge < -0.3 is 10.1 Å². The monoisotopic (exact) mass is 349 g/mol. The summed E-state index contributed by atoms with van der Waals surface area (Å²) in [6.45, 7) is 9.89. The van der Waals surface area contributed by atoms with Gasteiger partial charge in [-0.05, 0) is 25.5 Å². The van der Waals surface area contributed by atoms with Crippen molar-refractivity contribution in [2.24, 2.45) is 0 Å². The summed E-state index contributed by atoms with van der Waals surface area (Å²) < 4.78 is 5.86. The molecule has 3 heterocycles. The van der Waals surface area contributed by atoms with Crippen molar-refractivity contribution in [2.75, 3.05) is 26.2 Å². The predicted molar refractivity (Wildman–Crippen MR) is 97.2 cm³/mol. The van der Waals surface area contributed by atoms with Crippen LogP contribution in [0.3, 0.4) is 0 Å². The molecule has 3 rings (SSSR count). The van der Waals surface area contributed by atoms with Crippen LogP contribution in [0.15, 0.2) is 12.3 Å². The van der Waals surface area contributed by atoms with Crippen molar-refractivity contribution in [1.29, 1.82) is 0 Å². The zero-order chi connectivity index (χ0) is 17.2. The summed E-state index contributed by atoms with van der Waals surface area (Å²) in [5, 5.41) is 4.03. The fourth-order valence-electron chi connectivity index (χ4n) is 3.15. The molecule has 132 valence electrons. The van der Waals surface area contributed by atoms with Crippen LogP contribution in [0.2, 0.25) is 0 Å². The zero-order valence-electron chi connectivity index (χ0n) is 14.7. The van der Waals surface area contributed by atoms with Crippen molar-refractivity contribution in [3.8, 4) is 0 Å². The van der Waals surface area contributed by atoms with Crippen LogP contribution < -0.4 is 5.32 Å². The Morgan fingerprint density at radius 1 is 1.54 bits per heavy atom. The van der Waals surface area contributed by atoms with Crippen molar-refractivity contribution in [3.05, 3.63) is 22.2 Å². The second-order valence-corrected chi connectivity index (χ2v) is 8.70. The first kappa shape index (κ1) is 17.6. The topological polar surface area (TPSA) is 54.5 Å². The summed E-state index contributed by atoms with van der Waals surface area (Å²) in [5.74, 6) is -0.0761. The lowest BCUT2D eigenvalue weighted by Gasteiger charge is -2.35. The van der Waals surface area contributed by atoms with E-state index in [1.165, 1.54) is 19.4 Å². The van der Waals surface area contributed by atoms with Crippen LogP contribution in [0.4, 0.5) is 0 Å². The van der Waals surface area contributed by atoms with E-state index in [1.807, 2.05) is 12.3 Å². The van der Waals surface area contributed by atoms with E-state index < -0.39 is 0 Å². The second-order valence-electron chi connectivity index (χ2n) is 7.64. The van der Waals surface area contributed by atoms with Gasteiger partial charge in [-0.25, -0.2) is 4.98 Å². The molecule has 2 aliphatic rings. The quantitative estimate of drug-likeness (QED) is 0.849. The molecule has 0 aliphatic carbocycles. The van der Waals surface area contributed by atoms with Gasteiger partial charge >= 0.3 is 0 Å². The third kappa shape index (κ3) is 4.43. The number of nitrogens with zero attached hydrogens (tertiary/aromatic N) is 2. The van der Waals surface area contributed by atoms with Gasteiger partial charge in [-0.2, -0.15) is 0 Å². The SMILES string of the molecule is CC(C)(C)c1ncc(/C=C/C(=O)NC[C@H]2CN3CCC[C@@H]3CO2)s1. The molecular weight excluding hydrogens is 322 g/mol. The molecule has 2 atom stereocenters. The molecule has 0 radical (unpaired) electrons. The van der Waals surface area contributed by atoms with Crippen molar-refractivity contribution in [3.63, 3.8) is 0 Å². The van der Waals surface area contributed by atoms with Gasteiger partial charge in [-0.15, -0.1) is 11.3 Å². The molecule has 1 N–H and O–H groups in total. The number of aromatic nitrogens is 1. The zero-order valence-corrected chi connectivity index (χ0v) is 15.6. The molecule has 1 aromatic rings. The Hall–Kier alpha value is -1.24. The molecule has 2 aliphatic heterocycles. The maximum atomic E-state index is 12.0. The first-order valence-corrected chi connectivity index (χ1v) is 9.51. The number of carbonyl (C=O) groups is 1. The highest BCUT2D eigenvalue weighted by molar-refractivity contribution is 7.12. The minimum atomic E-state index is -0.0761. The molecule has 0 saturated carbocycles. The summed E-state index contributed by atoms with van der Waals surface area (Å²) in [6.07, 6.45) is 7.86. The smallest absolute Gasteiger partial charge is 0.244 e. The Bertz CT molecular complexity index is 606. The lowest BCUT2D eigenvalue weighted by molar-refractivity contribution is -0.117. The lowest BCUT2D eigenvalue weighted by atomic mass is 9.98. The Balaban J connectivity index is 1.44. The highest BCUT2D eigenvalue weighted by Crippen LogP contribution is 2.27. The summed E-state index contributed by atoms with van der Waals surface area (Å²) in [7, 11) is 0. The van der Waals surface area contributed by atoms with Crippen molar-refractivity contribution >= 4 is 23.3 Å². The molecule has 1 aromatic heterocycles. The standard InChI is InChI=1S/C18H27N3O2S/c1-18(2,3)17-20-10-15(24-17)6-7-16(22)19-9-14-11-21-8-4-5-13(21)12-23-14/h6-7,10,13-14H,4-5,8-9,11-12H2,1-3H3,(H,19,22)/b7-6+/t13-,14+/m1/s1. The van der Waals surface area contributed by atoms with Gasteiger partial charge in [0.15, 0.2) is 0 Å². The molecule has 2 saturated heterocycles. The van der Waals surface area contributed by atoms with Crippen LogP contribution in [0.1, 0.15) is 43.5 Å². The van der Waals surface area contributed by atoms with E-state index in [4.69, 9.17) is 4.74 Å². The van der Waals surface area contributed by atoms with Crippen LogP contribution >= 0.6 is 11.3 Å². The Kier molecular flexibility index (Phi) is 5.37. The van der Waals surface area contributed by atoms with Crippen molar-refractivity contribution in [1.82, 2.24) is 15.2 Å². The number of amides is 1. The molecule has 5 nitrogen and oxygen atoms in total. The molecule has 0 spiro atoms. The molecule has 0 aromatic carbocycles. The minimum absolute atomic E-state index is 0.0464. The van der Waals surface area contributed by atoms with Gasteiger partial charge in [-0.3, -0.25) is 9.69 Å². The maximum Gasteiger partial charge on any atom is 0.244 e. The van der Waals surface area contributed by atoms with Gasteiger partial charge in [0.2, 0.25) is 5.91 Å². The fourth-order valence-corrected chi connectivity index (χ4v) is 4.03. The van der Waals surface area contributed by atoms with Crippen LogP contribution in [-0.4, -0.2) is 54.2 Å². The molecule has 0 unspecified atom stereocenters. The van der Waals surface area contributed by atoms with Gasteiger partial charge in [0.25, 0.3) is 0 Å². The van der Waals surface area contributed by atoms with Crippen molar-refractivity contribution < 1.29 is 9.53 Å². The molecule has 0 bridgehead atoms. The van der Waals surface area contributed by atoms with Crippen LogP contribution in [-0.2, 0) is 14.9 Å². The number of ether oxygens (including phenoxy) is 1. The highest BCUT2D eigenvalue weighted by atomic mass is 32.1. The average Bonchev–Trinajstić information content (AvgIpc) is 3.18. The van der Waals surface area contributed by atoms with E-state index in [1.54, 1.807) is 17.4 Å². The average molecular weight is 350 g/mol. The van der Waals surface area contributed by atoms with E-state index in [0.717, 1.165) is 23.0 Å². The minimum Gasteiger partial charge on any atom is -0.373 e. The van der Waals surface area contributed by atoms with E-state index in [0.29, 0.717) is 12.6 Å². The van der Waals surface area contributed by atoms with E-state index in [9.17, 15) is 4.79 Å². The first-order chi connectivity index (χ1) is 11.4. The van der Waals surface area contributed by atoms with Gasteiger partial charge in [-0.1, -0.05) is 20.8 Å². The summed E-state index contributed by atoms with van der Waals surface area (Å²) in [5.41, 5.74) is 0.0464. The molecule has 24 heavy (non-hydrogen) atoms. The highest BCUT2D eigenvalue weighted by Gasteiger charge is 2.32. The number of thiazole rings is 1. The molecule has 2 fully saturated rings. The Labute approximate surface area is 148 Å². The van der Waals surface area contributed by atoms with Gasteiger partial charge in [0.05, 0.1) is 17.7 Å². The number of rotatable bonds is 4. The van der Waals surface area contributed by atoms with E-state index >= 15 is 0 Å². The normalized spacial score (nSPS) is 25.1. The number of nitrogens with one attached hydrogen (secondary N) is 1. The molecule has 6 heteroatoms. The summed E-state index contributed by atoms with van der Waals surface area (Å²) in [4.78, 5) is 19.9. The number of fused-ring (bicyclic) bond motifs is 1. The van der Waals surface area contributed by atoms with Gasteiger partial charge in [0.1, 0.15) is 0 Å². The number of hydrogen-bond donors (Lipinski definition) is 1. The van der Waals surface area contributed by atoms with Crippen LogP contribution in [0.25, 0.3) is 6.08 Å². The maximum absolute atomic E-state index is 12.0. The molecular formula is C18H27N3O2S. The number of carbonyl (C=O) groups excluding carboxylic acids is 1. The van der Waals surface area contributed by atoms with E-state index in [-0.39, 0.29) is 17.4 Å². The predicted octanol–water partition coefficient (Wildman–Crippen LogP) is 2.43. The fraction of sp³-hybridized carbons (Fsp3) is 0.667. The molecule has 1 amide bonds.